The Morgan fingerprint density at radius 1 is 0.970 bits per heavy atom. The molecule has 0 unspecified atom stereocenters. The number of esters is 1. The molecule has 0 spiro atoms. The highest BCUT2D eigenvalue weighted by Crippen LogP contribution is 2.25. The van der Waals surface area contributed by atoms with Crippen LogP contribution in [-0.4, -0.2) is 31.8 Å². The van der Waals surface area contributed by atoms with Crippen LogP contribution in [0.1, 0.15) is 29.8 Å². The number of carbonyl (C=O) groups excluding carboxylic acids is 1. The molecule has 1 aromatic heterocycles. The Bertz CT molecular complexity index is 1040. The minimum atomic E-state index is -0.425. The number of pyridine rings is 1. The van der Waals surface area contributed by atoms with E-state index in [0.717, 1.165) is 36.5 Å². The molecule has 3 rings (SSSR count). The molecule has 0 aliphatic carbocycles. The number of carbonyl (C=O) groups is 1. The van der Waals surface area contributed by atoms with Crippen LogP contribution in [0.3, 0.4) is 0 Å². The van der Waals surface area contributed by atoms with Crippen LogP contribution in [0.15, 0.2) is 77.7 Å². The molecule has 0 fully saturated rings. The molecule has 6 heteroatoms. The van der Waals surface area contributed by atoms with Crippen molar-refractivity contribution in [3.63, 3.8) is 0 Å². The van der Waals surface area contributed by atoms with Crippen LogP contribution in [0.4, 0.5) is 0 Å². The number of hydrogen-bond acceptors (Lipinski definition) is 6. The molecule has 0 saturated carbocycles. The summed E-state index contributed by atoms with van der Waals surface area (Å²) in [5.74, 6) is 1.83. The summed E-state index contributed by atoms with van der Waals surface area (Å²) in [7, 11) is 3.03. The van der Waals surface area contributed by atoms with E-state index in [1.807, 2.05) is 42.5 Å². The van der Waals surface area contributed by atoms with E-state index in [4.69, 9.17) is 19.2 Å². The van der Waals surface area contributed by atoms with Crippen molar-refractivity contribution < 1.29 is 19.0 Å². The summed E-state index contributed by atoms with van der Waals surface area (Å²) in [6.45, 7) is 0.578. The van der Waals surface area contributed by atoms with E-state index in [-0.39, 0.29) is 0 Å². The Labute approximate surface area is 199 Å². The van der Waals surface area contributed by atoms with E-state index >= 15 is 0 Å². The van der Waals surface area contributed by atoms with Gasteiger partial charge in [-0.3, -0.25) is 0 Å². The first-order valence-corrected chi connectivity index (χ1v) is 11.9. The minimum absolute atomic E-state index is 0.425. The zero-order valence-corrected chi connectivity index (χ0v) is 19.8. The van der Waals surface area contributed by atoms with Crippen molar-refractivity contribution in [2.24, 2.45) is 0 Å². The molecule has 0 amide bonds. The summed E-state index contributed by atoms with van der Waals surface area (Å²) in [4.78, 5) is 17.5. The highest BCUT2D eigenvalue weighted by Gasteiger charge is 2.07. The van der Waals surface area contributed by atoms with Gasteiger partial charge in [0.1, 0.15) is 17.2 Å². The van der Waals surface area contributed by atoms with Crippen molar-refractivity contribution in [3.05, 3.63) is 89.8 Å². The average molecular weight is 464 g/mol. The molecular formula is C27H29NO4S. The molecule has 0 saturated heterocycles. The summed E-state index contributed by atoms with van der Waals surface area (Å²) in [5.41, 5.74) is 2.82. The number of ether oxygens (including phenoxy) is 3. The first kappa shape index (κ1) is 24.4. The van der Waals surface area contributed by atoms with Gasteiger partial charge in [0.2, 0.25) is 0 Å². The number of unbranched alkanes of at least 4 members (excludes halogenated alkanes) is 1. The van der Waals surface area contributed by atoms with Crippen molar-refractivity contribution in [2.45, 2.75) is 29.9 Å². The second-order valence-electron chi connectivity index (χ2n) is 7.30. The summed E-state index contributed by atoms with van der Waals surface area (Å²) < 4.78 is 15.9. The van der Waals surface area contributed by atoms with Crippen molar-refractivity contribution >= 4 is 23.8 Å². The fourth-order valence-electron chi connectivity index (χ4n) is 3.12. The van der Waals surface area contributed by atoms with Gasteiger partial charge >= 0.3 is 5.97 Å². The second-order valence-corrected chi connectivity index (χ2v) is 8.35. The van der Waals surface area contributed by atoms with Gasteiger partial charge in [0.25, 0.3) is 0 Å². The smallest absolute Gasteiger partial charge is 0.330 e. The Kier molecular flexibility index (Phi) is 9.86. The quantitative estimate of drug-likeness (QED) is 0.143. The Morgan fingerprint density at radius 2 is 1.76 bits per heavy atom. The normalized spacial score (nSPS) is 10.8. The fraction of sp³-hybridized carbons (Fsp3) is 0.259. The maximum Gasteiger partial charge on any atom is 0.330 e. The second kappa shape index (κ2) is 13.3. The monoisotopic (exact) mass is 463 g/mol. The van der Waals surface area contributed by atoms with Crippen LogP contribution in [-0.2, 0) is 21.7 Å². The van der Waals surface area contributed by atoms with Gasteiger partial charge in [0.05, 0.1) is 26.5 Å². The third kappa shape index (κ3) is 8.31. The summed E-state index contributed by atoms with van der Waals surface area (Å²) >= 11 is 1.71. The fourth-order valence-corrected chi connectivity index (χ4v) is 3.95. The number of rotatable bonds is 12. The van der Waals surface area contributed by atoms with Crippen LogP contribution in [0.2, 0.25) is 0 Å². The summed E-state index contributed by atoms with van der Waals surface area (Å²) in [6, 6.07) is 22.2. The number of benzene rings is 2. The molecule has 5 nitrogen and oxygen atoms in total. The third-order valence-electron chi connectivity index (χ3n) is 4.93. The van der Waals surface area contributed by atoms with Gasteiger partial charge in [-0.1, -0.05) is 30.3 Å². The first-order chi connectivity index (χ1) is 16.2. The third-order valence-corrected chi connectivity index (χ3v) is 5.97. The lowest BCUT2D eigenvalue weighted by Gasteiger charge is -2.11. The topological polar surface area (TPSA) is 57.7 Å². The first-order valence-electron chi connectivity index (χ1n) is 10.9. The lowest BCUT2D eigenvalue weighted by Crippen LogP contribution is -2.02. The predicted octanol–water partition coefficient (Wildman–Crippen LogP) is 5.97. The molecule has 0 atom stereocenters. The maximum atomic E-state index is 11.6. The summed E-state index contributed by atoms with van der Waals surface area (Å²) in [5, 5.41) is 0. The molecule has 2 aromatic carbocycles. The minimum Gasteiger partial charge on any atom is -0.497 e. The molecule has 0 radical (unpaired) electrons. The van der Waals surface area contributed by atoms with E-state index in [1.54, 1.807) is 24.9 Å². The number of aromatic nitrogens is 1. The van der Waals surface area contributed by atoms with Crippen molar-refractivity contribution in [1.82, 2.24) is 4.98 Å². The lowest BCUT2D eigenvalue weighted by molar-refractivity contribution is -0.134. The Hall–Kier alpha value is -3.25. The van der Waals surface area contributed by atoms with Crippen LogP contribution in [0, 0.1) is 0 Å². The predicted molar refractivity (Wildman–Crippen MR) is 133 cm³/mol. The molecule has 0 N–H and O–H groups in total. The van der Waals surface area contributed by atoms with E-state index in [0.29, 0.717) is 18.1 Å². The summed E-state index contributed by atoms with van der Waals surface area (Å²) in [6.07, 6.45) is 5.93. The molecule has 0 aliphatic heterocycles. The highest BCUT2D eigenvalue weighted by atomic mass is 32.2. The van der Waals surface area contributed by atoms with Gasteiger partial charge in [-0.25, -0.2) is 9.78 Å². The van der Waals surface area contributed by atoms with Crippen LogP contribution < -0.4 is 9.47 Å². The zero-order chi connectivity index (χ0) is 23.3. The highest BCUT2D eigenvalue weighted by molar-refractivity contribution is 7.98. The van der Waals surface area contributed by atoms with E-state index in [2.05, 4.69) is 24.3 Å². The molecule has 1 heterocycles. The molecule has 3 aromatic rings. The van der Waals surface area contributed by atoms with Gasteiger partial charge in [-0.05, 0) is 67.3 Å². The number of nitrogens with zero attached hydrogens (tertiary/aromatic N) is 1. The van der Waals surface area contributed by atoms with Gasteiger partial charge in [0, 0.05) is 16.7 Å². The standard InChI is InChI=1S/C27H29NO4S/c1-30-23-14-11-21(12-15-23)8-6-7-19-32-26-17-13-22(20-33-24-9-4-3-5-10-24)28-25(26)16-18-27(29)31-2/h3-5,9-18H,6-8,19-20H2,1-2H3. The zero-order valence-electron chi connectivity index (χ0n) is 19.0. The number of thioether (sulfide) groups is 1. The van der Waals surface area contributed by atoms with Crippen LogP contribution in [0.25, 0.3) is 6.08 Å². The largest absolute Gasteiger partial charge is 0.497 e. The molecule has 0 bridgehead atoms. The Morgan fingerprint density at radius 3 is 2.48 bits per heavy atom. The number of aryl methyl sites for hydroxylation is 1. The molecular weight excluding hydrogens is 434 g/mol. The van der Waals surface area contributed by atoms with Gasteiger partial charge in [-0.2, -0.15) is 0 Å². The molecule has 33 heavy (non-hydrogen) atoms. The van der Waals surface area contributed by atoms with E-state index < -0.39 is 5.97 Å². The van der Waals surface area contributed by atoms with Crippen molar-refractivity contribution in [2.75, 3.05) is 20.8 Å². The Balaban J connectivity index is 1.56. The van der Waals surface area contributed by atoms with Crippen LogP contribution in [0.5, 0.6) is 11.5 Å². The molecule has 0 aliphatic rings. The average Bonchev–Trinajstić information content (AvgIpc) is 2.87. The van der Waals surface area contributed by atoms with Crippen LogP contribution >= 0.6 is 11.8 Å². The number of hydrogen-bond donors (Lipinski definition) is 0. The van der Waals surface area contributed by atoms with Crippen molar-refractivity contribution in [3.8, 4) is 11.5 Å². The molecule has 172 valence electrons. The van der Waals surface area contributed by atoms with Gasteiger partial charge in [-0.15, -0.1) is 11.8 Å². The van der Waals surface area contributed by atoms with E-state index in [9.17, 15) is 4.79 Å². The van der Waals surface area contributed by atoms with E-state index in [1.165, 1.54) is 23.6 Å². The lowest BCUT2D eigenvalue weighted by atomic mass is 10.1. The number of methoxy groups -OCH3 is 2. The SMILES string of the molecule is COC(=O)C=Cc1nc(CSc2ccccc2)ccc1OCCCCc1ccc(OC)cc1. The maximum absolute atomic E-state index is 11.6. The van der Waals surface area contributed by atoms with Crippen molar-refractivity contribution in [1.29, 1.82) is 0 Å². The van der Waals surface area contributed by atoms with Gasteiger partial charge in [0.15, 0.2) is 0 Å². The van der Waals surface area contributed by atoms with Gasteiger partial charge < -0.3 is 14.2 Å².